The number of amides is 2. The maximum absolute atomic E-state index is 13.4. The number of hydrogen-bond acceptors (Lipinski definition) is 11. The van der Waals surface area contributed by atoms with Crippen LogP contribution in [0.1, 0.15) is 26.3 Å². The zero-order valence-electron chi connectivity index (χ0n) is 23.9. The van der Waals surface area contributed by atoms with Crippen LogP contribution in [0.5, 0.6) is 0 Å². The summed E-state index contributed by atoms with van der Waals surface area (Å²) < 4.78 is 29.8. The number of rotatable bonds is 12. The standard InChI is InChI=1S/C26H40N5O9P/c1-4-38-26(34)23(19-21-7-9-22(10-8-21)31(35)36)28-13-11-27(20-41(37,39-5-2)40-6-3)12-14-29-17-18-30(16-15-28)25(33)24(29)32/h7-10,23H,4-6,11-20H2,1-3H3. The minimum absolute atomic E-state index is 0.0168. The summed E-state index contributed by atoms with van der Waals surface area (Å²) in [6, 6.07) is 5.22. The average Bonchev–Trinajstić information content (AvgIpc) is 2.93. The van der Waals surface area contributed by atoms with E-state index < -0.39 is 36.3 Å². The van der Waals surface area contributed by atoms with Gasteiger partial charge in [-0.1, -0.05) is 12.1 Å². The summed E-state index contributed by atoms with van der Waals surface area (Å²) in [6.07, 6.45) is 0.199. The highest BCUT2D eigenvalue weighted by molar-refractivity contribution is 7.53. The van der Waals surface area contributed by atoms with Crippen molar-refractivity contribution in [3.8, 4) is 0 Å². The van der Waals surface area contributed by atoms with Crippen molar-refractivity contribution in [1.29, 1.82) is 0 Å². The highest BCUT2D eigenvalue weighted by Crippen LogP contribution is 2.48. The molecule has 2 bridgehead atoms. The lowest BCUT2D eigenvalue weighted by atomic mass is 10.0. The van der Waals surface area contributed by atoms with Gasteiger partial charge in [-0.2, -0.15) is 0 Å². The van der Waals surface area contributed by atoms with Crippen molar-refractivity contribution in [2.24, 2.45) is 0 Å². The van der Waals surface area contributed by atoms with E-state index in [1.165, 1.54) is 21.9 Å². The largest absolute Gasteiger partial charge is 0.465 e. The van der Waals surface area contributed by atoms with Crippen LogP contribution in [0.15, 0.2) is 24.3 Å². The lowest BCUT2D eigenvalue weighted by Gasteiger charge is -2.39. The molecule has 1 atom stereocenters. The van der Waals surface area contributed by atoms with Crippen LogP contribution in [0.3, 0.4) is 0 Å². The minimum atomic E-state index is -3.47. The smallest absolute Gasteiger partial charge is 0.344 e. The monoisotopic (exact) mass is 597 g/mol. The van der Waals surface area contributed by atoms with Gasteiger partial charge in [0.25, 0.3) is 5.69 Å². The maximum Gasteiger partial charge on any atom is 0.344 e. The fraction of sp³-hybridized carbons (Fsp3) is 0.654. The van der Waals surface area contributed by atoms with Crippen LogP contribution in [0.4, 0.5) is 5.69 Å². The molecule has 3 saturated heterocycles. The number of carbonyl (C=O) groups is 3. The fourth-order valence-corrected chi connectivity index (χ4v) is 6.73. The van der Waals surface area contributed by atoms with Gasteiger partial charge in [-0.25, -0.2) is 0 Å². The first-order valence-corrected chi connectivity index (χ1v) is 15.7. The Morgan fingerprint density at radius 1 is 0.878 bits per heavy atom. The first-order valence-electron chi connectivity index (χ1n) is 13.9. The summed E-state index contributed by atoms with van der Waals surface area (Å²) in [5, 5.41) is 11.1. The molecule has 1 aromatic carbocycles. The third-order valence-corrected chi connectivity index (χ3v) is 9.09. The highest BCUT2D eigenvalue weighted by Gasteiger charge is 2.36. The molecule has 0 aliphatic carbocycles. The van der Waals surface area contributed by atoms with Gasteiger partial charge < -0.3 is 23.6 Å². The van der Waals surface area contributed by atoms with E-state index in [9.17, 15) is 29.1 Å². The average molecular weight is 598 g/mol. The van der Waals surface area contributed by atoms with Gasteiger partial charge in [-0.05, 0) is 32.8 Å². The predicted molar refractivity (Wildman–Crippen MR) is 149 cm³/mol. The lowest BCUT2D eigenvalue weighted by Crippen LogP contribution is -2.58. The van der Waals surface area contributed by atoms with Crippen LogP contribution in [0.2, 0.25) is 0 Å². The molecule has 1 aromatic rings. The number of nitro benzene ring substituents is 1. The van der Waals surface area contributed by atoms with Gasteiger partial charge in [0.2, 0.25) is 0 Å². The Kier molecular flexibility index (Phi) is 12.2. The lowest BCUT2D eigenvalue weighted by molar-refractivity contribution is -0.384. The van der Waals surface area contributed by atoms with Gasteiger partial charge in [0.1, 0.15) is 12.3 Å². The number of piperazine rings is 1. The summed E-state index contributed by atoms with van der Waals surface area (Å²) >= 11 is 0. The number of benzene rings is 1. The molecule has 14 nitrogen and oxygen atoms in total. The first kappa shape index (κ1) is 32.6. The number of non-ortho nitro benzene ring substituents is 1. The number of carbonyl (C=O) groups excluding carboxylic acids is 3. The second kappa shape index (κ2) is 15.4. The summed E-state index contributed by atoms with van der Waals surface area (Å²) in [5.41, 5.74) is 0.646. The SMILES string of the molecule is CCOC(=O)C(Cc1ccc([N+](=O)[O-])cc1)N1CCN(CP(=O)(OCC)OCC)CCN2CCN(CC1)C(=O)C2=O. The highest BCUT2D eigenvalue weighted by atomic mass is 31.2. The van der Waals surface area contributed by atoms with Crippen LogP contribution in [-0.2, 0) is 39.2 Å². The van der Waals surface area contributed by atoms with E-state index in [1.807, 2.05) is 9.80 Å². The molecule has 228 valence electrons. The molecule has 15 heteroatoms. The van der Waals surface area contributed by atoms with Crippen molar-refractivity contribution in [3.63, 3.8) is 0 Å². The van der Waals surface area contributed by atoms with Crippen molar-refractivity contribution in [1.82, 2.24) is 19.6 Å². The Balaban J connectivity index is 1.92. The summed E-state index contributed by atoms with van der Waals surface area (Å²) in [5.74, 6) is -1.65. The van der Waals surface area contributed by atoms with E-state index in [0.717, 1.165) is 0 Å². The Morgan fingerprint density at radius 3 is 1.93 bits per heavy atom. The summed E-state index contributed by atoms with van der Waals surface area (Å²) in [6.45, 7) is 8.29. The molecule has 2 amide bonds. The van der Waals surface area contributed by atoms with Gasteiger partial charge in [0.15, 0.2) is 0 Å². The van der Waals surface area contributed by atoms with Gasteiger partial charge in [0, 0.05) is 64.5 Å². The molecular weight excluding hydrogens is 557 g/mol. The second-order valence-corrected chi connectivity index (χ2v) is 11.7. The Morgan fingerprint density at radius 2 is 1.39 bits per heavy atom. The van der Waals surface area contributed by atoms with E-state index in [0.29, 0.717) is 38.3 Å². The molecule has 41 heavy (non-hydrogen) atoms. The van der Waals surface area contributed by atoms with Crippen LogP contribution in [0.25, 0.3) is 0 Å². The zero-order chi connectivity index (χ0) is 30.0. The molecule has 0 saturated carbocycles. The van der Waals surface area contributed by atoms with Gasteiger partial charge in [0.05, 0.1) is 24.7 Å². The third kappa shape index (κ3) is 9.04. The predicted octanol–water partition coefficient (Wildman–Crippen LogP) is 1.58. The van der Waals surface area contributed by atoms with E-state index in [4.69, 9.17) is 13.8 Å². The van der Waals surface area contributed by atoms with Crippen molar-refractivity contribution < 1.29 is 37.7 Å². The third-order valence-electron chi connectivity index (χ3n) is 7.04. The maximum atomic E-state index is 13.4. The topological polar surface area (TPSA) is 152 Å². The number of fused-ring (bicyclic) bond motifs is 9. The quantitative estimate of drug-likeness (QED) is 0.114. The molecule has 3 aliphatic rings. The number of nitro groups is 1. The van der Waals surface area contributed by atoms with Crippen molar-refractivity contribution >= 4 is 31.1 Å². The molecule has 4 rings (SSSR count). The van der Waals surface area contributed by atoms with Gasteiger partial charge >= 0.3 is 25.4 Å². The molecule has 0 aromatic heterocycles. The zero-order valence-corrected chi connectivity index (χ0v) is 24.8. The fourth-order valence-electron chi connectivity index (χ4n) is 4.93. The Labute approximate surface area is 240 Å². The number of nitrogens with zero attached hydrogens (tertiary/aromatic N) is 5. The molecule has 0 N–H and O–H groups in total. The molecule has 1 unspecified atom stereocenters. The normalized spacial score (nSPS) is 18.6. The minimum Gasteiger partial charge on any atom is -0.465 e. The first-order chi connectivity index (χ1) is 19.6. The van der Waals surface area contributed by atoms with Gasteiger partial charge in [-0.15, -0.1) is 0 Å². The number of hydrogen-bond donors (Lipinski definition) is 0. The second-order valence-electron chi connectivity index (χ2n) is 9.72. The summed E-state index contributed by atoms with van der Waals surface area (Å²) in [4.78, 5) is 56.3. The number of ether oxygens (including phenoxy) is 1. The molecular formula is C26H40N5O9P. The van der Waals surface area contributed by atoms with Crippen molar-refractivity contribution in [3.05, 3.63) is 39.9 Å². The van der Waals surface area contributed by atoms with Crippen molar-refractivity contribution in [2.75, 3.05) is 78.5 Å². The summed E-state index contributed by atoms with van der Waals surface area (Å²) in [7, 11) is -3.47. The van der Waals surface area contributed by atoms with Crippen LogP contribution in [-0.4, -0.2) is 127 Å². The van der Waals surface area contributed by atoms with Crippen LogP contribution < -0.4 is 0 Å². The van der Waals surface area contributed by atoms with Crippen LogP contribution in [0, 0.1) is 10.1 Å². The molecule has 0 radical (unpaired) electrons. The molecule has 3 fully saturated rings. The van der Waals surface area contributed by atoms with E-state index in [2.05, 4.69) is 0 Å². The Hall–Kier alpha value is -2.90. The van der Waals surface area contributed by atoms with Crippen LogP contribution >= 0.6 is 7.60 Å². The molecule has 3 heterocycles. The van der Waals surface area contributed by atoms with E-state index in [1.54, 1.807) is 32.9 Å². The Bertz CT molecular complexity index is 1110. The number of esters is 1. The van der Waals surface area contributed by atoms with E-state index in [-0.39, 0.29) is 57.8 Å². The van der Waals surface area contributed by atoms with E-state index >= 15 is 0 Å². The molecule has 3 aliphatic heterocycles. The molecule has 0 spiro atoms. The van der Waals surface area contributed by atoms with Gasteiger partial charge in [-0.3, -0.25) is 38.9 Å². The van der Waals surface area contributed by atoms with Crippen molar-refractivity contribution in [2.45, 2.75) is 33.2 Å².